The van der Waals surface area contributed by atoms with Crippen LogP contribution in [0.5, 0.6) is 5.75 Å². The largest absolute Gasteiger partial charge is 0.435 e. The van der Waals surface area contributed by atoms with E-state index in [1.807, 2.05) is 16.0 Å². The second-order valence-electron chi connectivity index (χ2n) is 5.03. The van der Waals surface area contributed by atoms with Crippen LogP contribution in [0.25, 0.3) is 4.96 Å². The fourth-order valence-corrected chi connectivity index (χ4v) is 2.97. The maximum atomic E-state index is 12.1. The van der Waals surface area contributed by atoms with Gasteiger partial charge >= 0.3 is 6.61 Å². The van der Waals surface area contributed by atoms with Crippen LogP contribution < -0.4 is 20.9 Å². The van der Waals surface area contributed by atoms with E-state index in [0.717, 1.165) is 4.96 Å². The molecule has 0 atom stereocenters. The molecule has 2 heterocycles. The quantitative estimate of drug-likeness (QED) is 0.454. The van der Waals surface area contributed by atoms with Crippen molar-refractivity contribution in [2.75, 3.05) is 5.32 Å². The number of ether oxygens (including phenoxy) is 1. The molecule has 3 aromatic rings. The Kier molecular flexibility index (Phi) is 5.58. The molecule has 1 amide bonds. The summed E-state index contributed by atoms with van der Waals surface area (Å²) in [5.74, 6) is -0.265. The van der Waals surface area contributed by atoms with Crippen LogP contribution in [0.3, 0.4) is 0 Å². The zero-order valence-electron chi connectivity index (χ0n) is 13.1. The predicted molar refractivity (Wildman–Crippen MR) is 97.3 cm³/mol. The number of nitrogens with zero attached hydrogens (tertiary/aromatic N) is 2. The van der Waals surface area contributed by atoms with Crippen molar-refractivity contribution < 1.29 is 18.3 Å². The minimum absolute atomic E-state index is 0.0395. The number of hydrazine groups is 1. The number of thiocarbonyl (C=S) groups is 1. The van der Waals surface area contributed by atoms with E-state index in [-0.39, 0.29) is 23.2 Å². The average molecular weight is 397 g/mol. The van der Waals surface area contributed by atoms with Crippen LogP contribution in [0.15, 0.2) is 42.0 Å². The van der Waals surface area contributed by atoms with Crippen molar-refractivity contribution in [3.8, 4) is 5.75 Å². The van der Waals surface area contributed by atoms with Crippen LogP contribution in [0.4, 0.5) is 14.5 Å². The second kappa shape index (κ2) is 8.06. The van der Waals surface area contributed by atoms with Gasteiger partial charge in [0.1, 0.15) is 5.75 Å². The molecule has 0 aliphatic heterocycles. The third-order valence-corrected chi connectivity index (χ3v) is 4.11. The zero-order valence-corrected chi connectivity index (χ0v) is 14.7. The van der Waals surface area contributed by atoms with Crippen LogP contribution in [0, 0.1) is 0 Å². The second-order valence-corrected chi connectivity index (χ2v) is 6.31. The Balaban J connectivity index is 1.44. The molecule has 0 radical (unpaired) electrons. The number of alkyl halides is 2. The number of thiazole rings is 1. The normalized spacial score (nSPS) is 10.7. The number of aromatic nitrogens is 2. The van der Waals surface area contributed by atoms with Gasteiger partial charge in [0.05, 0.1) is 12.1 Å². The van der Waals surface area contributed by atoms with Gasteiger partial charge in [0.25, 0.3) is 0 Å². The van der Waals surface area contributed by atoms with Crippen molar-refractivity contribution >= 4 is 45.2 Å². The van der Waals surface area contributed by atoms with Crippen molar-refractivity contribution in [1.29, 1.82) is 0 Å². The molecule has 3 N–H and O–H groups in total. The van der Waals surface area contributed by atoms with Gasteiger partial charge in [-0.05, 0) is 36.5 Å². The maximum Gasteiger partial charge on any atom is 0.387 e. The summed E-state index contributed by atoms with van der Waals surface area (Å²) in [6.07, 6.45) is 3.75. The molecule has 0 bridgehead atoms. The van der Waals surface area contributed by atoms with Crippen LogP contribution in [-0.2, 0) is 11.2 Å². The van der Waals surface area contributed by atoms with Crippen LogP contribution in [0.1, 0.15) is 5.69 Å². The molecule has 0 saturated heterocycles. The molecule has 0 saturated carbocycles. The number of hydrogen-bond acceptors (Lipinski definition) is 5. The minimum Gasteiger partial charge on any atom is -0.435 e. The highest BCUT2D eigenvalue weighted by molar-refractivity contribution is 7.80. The molecule has 0 unspecified atom stereocenters. The van der Waals surface area contributed by atoms with Gasteiger partial charge in [0, 0.05) is 23.5 Å². The first-order valence-corrected chi connectivity index (χ1v) is 8.60. The summed E-state index contributed by atoms with van der Waals surface area (Å²) in [4.78, 5) is 17.1. The number of anilines is 1. The number of halogens is 2. The van der Waals surface area contributed by atoms with Gasteiger partial charge in [-0.2, -0.15) is 8.78 Å². The van der Waals surface area contributed by atoms with Gasteiger partial charge in [0.15, 0.2) is 10.1 Å². The highest BCUT2D eigenvalue weighted by Gasteiger charge is 2.09. The standard InChI is InChI=1S/C15H13F2N5O2S2/c16-13(17)24-11-3-1-9(2-4-11)18-14(25)21-20-12(23)7-10-8-22-5-6-26-15(22)19-10/h1-6,8,13H,7H2,(H,20,23)(H2,18,21,25). The molecule has 0 spiro atoms. The first kappa shape index (κ1) is 18.0. The highest BCUT2D eigenvalue weighted by Crippen LogP contribution is 2.17. The molecule has 3 rings (SSSR count). The zero-order chi connectivity index (χ0) is 18.5. The van der Waals surface area contributed by atoms with Gasteiger partial charge in [-0.3, -0.25) is 20.0 Å². The summed E-state index contributed by atoms with van der Waals surface area (Å²) >= 11 is 6.54. The molecule has 136 valence electrons. The van der Waals surface area contributed by atoms with Crippen LogP contribution >= 0.6 is 23.6 Å². The van der Waals surface area contributed by atoms with Crippen molar-refractivity contribution in [3.63, 3.8) is 0 Å². The summed E-state index contributed by atoms with van der Waals surface area (Å²) < 4.78 is 30.3. The number of carbonyl (C=O) groups excluding carboxylic acids is 1. The molecular formula is C15H13F2N5O2S2. The number of hydrogen-bond donors (Lipinski definition) is 3. The van der Waals surface area contributed by atoms with Crippen molar-refractivity contribution in [2.45, 2.75) is 13.0 Å². The van der Waals surface area contributed by atoms with Crippen molar-refractivity contribution in [2.24, 2.45) is 0 Å². The Labute approximate surface area is 156 Å². The lowest BCUT2D eigenvalue weighted by Crippen LogP contribution is -2.44. The van der Waals surface area contributed by atoms with E-state index in [1.54, 1.807) is 6.20 Å². The first-order chi connectivity index (χ1) is 12.5. The summed E-state index contributed by atoms with van der Waals surface area (Å²) in [5, 5.41) is 4.86. The van der Waals surface area contributed by atoms with Gasteiger partial charge in [0.2, 0.25) is 5.91 Å². The first-order valence-electron chi connectivity index (χ1n) is 7.31. The summed E-state index contributed by atoms with van der Waals surface area (Å²) in [6, 6.07) is 5.79. The molecule has 0 aliphatic carbocycles. The number of nitrogens with one attached hydrogen (secondary N) is 3. The SMILES string of the molecule is O=C(Cc1cn2ccsc2n1)NNC(=S)Nc1ccc(OC(F)F)cc1. The van der Waals surface area contributed by atoms with Crippen molar-refractivity contribution in [1.82, 2.24) is 20.2 Å². The molecule has 26 heavy (non-hydrogen) atoms. The lowest BCUT2D eigenvalue weighted by molar-refractivity contribution is -0.121. The topological polar surface area (TPSA) is 79.7 Å². The van der Waals surface area contributed by atoms with Gasteiger partial charge in [-0.15, -0.1) is 11.3 Å². The van der Waals surface area contributed by atoms with E-state index in [9.17, 15) is 13.6 Å². The van der Waals surface area contributed by atoms with Crippen molar-refractivity contribution in [3.05, 3.63) is 47.7 Å². The lowest BCUT2D eigenvalue weighted by Gasteiger charge is -2.12. The molecule has 0 aliphatic rings. The molecule has 1 aromatic carbocycles. The van der Waals surface area contributed by atoms with E-state index in [1.165, 1.54) is 35.6 Å². The highest BCUT2D eigenvalue weighted by atomic mass is 32.1. The molecule has 0 fully saturated rings. The third-order valence-electron chi connectivity index (χ3n) is 3.14. The van der Waals surface area contributed by atoms with Gasteiger partial charge < -0.3 is 10.1 Å². The number of amides is 1. The Morgan fingerprint density at radius 3 is 2.77 bits per heavy atom. The lowest BCUT2D eigenvalue weighted by atomic mass is 10.3. The van der Waals surface area contributed by atoms with E-state index >= 15 is 0 Å². The number of carbonyl (C=O) groups is 1. The molecular weight excluding hydrogens is 384 g/mol. The number of rotatable bonds is 5. The number of fused-ring (bicyclic) bond motifs is 1. The van der Waals surface area contributed by atoms with E-state index in [0.29, 0.717) is 11.4 Å². The molecule has 7 nitrogen and oxygen atoms in total. The summed E-state index contributed by atoms with van der Waals surface area (Å²) in [6.45, 7) is -2.88. The Morgan fingerprint density at radius 2 is 2.08 bits per heavy atom. The number of benzene rings is 1. The minimum atomic E-state index is -2.88. The van der Waals surface area contributed by atoms with Crippen LogP contribution in [-0.4, -0.2) is 27.0 Å². The average Bonchev–Trinajstić information content (AvgIpc) is 3.16. The number of imidazole rings is 1. The maximum absolute atomic E-state index is 12.1. The van der Waals surface area contributed by atoms with E-state index in [2.05, 4.69) is 25.9 Å². The third kappa shape index (κ3) is 4.86. The smallest absolute Gasteiger partial charge is 0.387 e. The summed E-state index contributed by atoms with van der Waals surface area (Å²) in [7, 11) is 0. The summed E-state index contributed by atoms with van der Waals surface area (Å²) in [5.41, 5.74) is 6.22. The Morgan fingerprint density at radius 1 is 1.31 bits per heavy atom. The van der Waals surface area contributed by atoms with Crippen LogP contribution in [0.2, 0.25) is 0 Å². The predicted octanol–water partition coefficient (Wildman–Crippen LogP) is 2.56. The van der Waals surface area contributed by atoms with E-state index in [4.69, 9.17) is 12.2 Å². The van der Waals surface area contributed by atoms with E-state index < -0.39 is 6.61 Å². The Hall–Kier alpha value is -2.79. The fraction of sp³-hybridized carbons (Fsp3) is 0.133. The fourth-order valence-electron chi connectivity index (χ4n) is 2.08. The molecule has 11 heteroatoms. The Bertz CT molecular complexity index is 882. The monoisotopic (exact) mass is 397 g/mol. The van der Waals surface area contributed by atoms with Gasteiger partial charge in [-0.25, -0.2) is 4.98 Å². The molecule has 2 aromatic heterocycles. The van der Waals surface area contributed by atoms with Gasteiger partial charge in [-0.1, -0.05) is 0 Å².